The van der Waals surface area contributed by atoms with Crippen molar-refractivity contribution < 1.29 is 4.39 Å². The van der Waals surface area contributed by atoms with E-state index in [1.54, 1.807) is 12.1 Å². The molecule has 0 saturated carbocycles. The van der Waals surface area contributed by atoms with Crippen LogP contribution in [0.4, 0.5) is 4.39 Å². The Morgan fingerprint density at radius 2 is 1.56 bits per heavy atom. The molecule has 1 aliphatic heterocycles. The molecule has 0 fully saturated rings. The lowest BCUT2D eigenvalue weighted by Gasteiger charge is -2.34. The van der Waals surface area contributed by atoms with Gasteiger partial charge in [0.25, 0.3) is 5.56 Å². The largest absolute Gasteiger partial charge is 0.312 e. The maximum Gasteiger partial charge on any atom is 0.259 e. The van der Waals surface area contributed by atoms with Gasteiger partial charge in [-0.1, -0.05) is 72.8 Å². The molecule has 2 heterocycles. The predicted molar refractivity (Wildman–Crippen MR) is 136 cm³/mol. The summed E-state index contributed by atoms with van der Waals surface area (Å²) in [7, 11) is 0. The number of hydrogen-bond donors (Lipinski definition) is 1. The van der Waals surface area contributed by atoms with E-state index < -0.39 is 18.9 Å². The van der Waals surface area contributed by atoms with Crippen molar-refractivity contribution >= 4 is 0 Å². The number of fused-ring (bicyclic) bond motifs is 1. The first-order valence-corrected chi connectivity index (χ1v) is 11.9. The van der Waals surface area contributed by atoms with Crippen molar-refractivity contribution in [3.63, 3.8) is 0 Å². The first-order chi connectivity index (χ1) is 17.6. The van der Waals surface area contributed by atoms with Gasteiger partial charge in [0.05, 0.1) is 35.1 Å². The zero-order chi connectivity index (χ0) is 25.1. The molecule has 180 valence electrons. The summed E-state index contributed by atoms with van der Waals surface area (Å²) >= 11 is 0. The van der Waals surface area contributed by atoms with Crippen molar-refractivity contribution in [2.75, 3.05) is 6.54 Å². The molecule has 0 amide bonds. The van der Waals surface area contributed by atoms with Crippen LogP contribution in [0, 0.1) is 11.3 Å². The molecule has 4 aromatic rings. The number of halogens is 1. The third kappa shape index (κ3) is 4.44. The van der Waals surface area contributed by atoms with Gasteiger partial charge in [0.1, 0.15) is 12.5 Å². The molecule has 0 bridgehead atoms. The molecule has 1 aromatic heterocycles. The molecule has 2 N–H and O–H groups in total. The van der Waals surface area contributed by atoms with E-state index >= 15 is 0 Å². The smallest absolute Gasteiger partial charge is 0.259 e. The van der Waals surface area contributed by atoms with E-state index in [2.05, 4.69) is 11.1 Å². The molecule has 3 aromatic carbocycles. The highest BCUT2D eigenvalue weighted by Crippen LogP contribution is 2.29. The van der Waals surface area contributed by atoms with E-state index in [-0.39, 0.29) is 11.4 Å². The Kier molecular flexibility index (Phi) is 6.72. The summed E-state index contributed by atoms with van der Waals surface area (Å²) in [5, 5.41) is 9.07. The molecule has 0 saturated heterocycles. The van der Waals surface area contributed by atoms with Crippen LogP contribution in [0.2, 0.25) is 0 Å². The van der Waals surface area contributed by atoms with Crippen LogP contribution in [-0.4, -0.2) is 21.0 Å². The summed E-state index contributed by atoms with van der Waals surface area (Å²) in [5.74, 6) is 0.126. The molecule has 7 heteroatoms. The Morgan fingerprint density at radius 1 is 0.944 bits per heavy atom. The molecule has 36 heavy (non-hydrogen) atoms. The van der Waals surface area contributed by atoms with Crippen LogP contribution in [0.5, 0.6) is 0 Å². The Hall–Kier alpha value is -4.12. The highest BCUT2D eigenvalue weighted by atomic mass is 19.1. The van der Waals surface area contributed by atoms with Gasteiger partial charge in [-0.25, -0.2) is 9.37 Å². The van der Waals surface area contributed by atoms with Crippen LogP contribution in [0.15, 0.2) is 89.7 Å². The molecular weight excluding hydrogens is 453 g/mol. The zero-order valence-corrected chi connectivity index (χ0v) is 19.7. The lowest BCUT2D eigenvalue weighted by atomic mass is 9.97. The van der Waals surface area contributed by atoms with E-state index in [4.69, 9.17) is 11.0 Å². The molecule has 1 aliphatic rings. The summed E-state index contributed by atoms with van der Waals surface area (Å²) < 4.78 is 15.8. The van der Waals surface area contributed by atoms with Gasteiger partial charge < -0.3 is 5.73 Å². The van der Waals surface area contributed by atoms with Gasteiger partial charge in [-0.2, -0.15) is 5.26 Å². The van der Waals surface area contributed by atoms with E-state index in [0.717, 1.165) is 16.7 Å². The molecule has 6 nitrogen and oxygen atoms in total. The number of nitrogens with two attached hydrogens (primary N) is 1. The second kappa shape index (κ2) is 10.2. The monoisotopic (exact) mass is 479 g/mol. The number of nitriles is 1. The van der Waals surface area contributed by atoms with Crippen LogP contribution in [0.1, 0.15) is 51.5 Å². The summed E-state index contributed by atoms with van der Waals surface area (Å²) in [6.45, 7) is 0.0650. The molecule has 0 radical (unpaired) electrons. The number of alkyl halides is 1. The summed E-state index contributed by atoms with van der Waals surface area (Å²) in [4.78, 5) is 20.7. The predicted octanol–water partition coefficient (Wildman–Crippen LogP) is 4.24. The quantitative estimate of drug-likeness (QED) is 0.447. The highest BCUT2D eigenvalue weighted by Gasteiger charge is 2.30. The van der Waals surface area contributed by atoms with Crippen LogP contribution in [0.25, 0.3) is 0 Å². The third-order valence-corrected chi connectivity index (χ3v) is 6.75. The molecule has 5 rings (SSSR count). The van der Waals surface area contributed by atoms with Gasteiger partial charge >= 0.3 is 0 Å². The van der Waals surface area contributed by atoms with E-state index in [0.29, 0.717) is 36.3 Å². The summed E-state index contributed by atoms with van der Waals surface area (Å²) in [6.07, 6.45) is 0.0580. The minimum absolute atomic E-state index is 0.126. The number of hydrogen-bond acceptors (Lipinski definition) is 5. The van der Waals surface area contributed by atoms with Crippen LogP contribution in [0.3, 0.4) is 0 Å². The number of rotatable bonds is 6. The van der Waals surface area contributed by atoms with Crippen molar-refractivity contribution in [3.8, 4) is 6.07 Å². The molecule has 1 unspecified atom stereocenters. The van der Waals surface area contributed by atoms with Gasteiger partial charge in [0.15, 0.2) is 0 Å². The maximum absolute atomic E-state index is 14.3. The highest BCUT2D eigenvalue weighted by molar-refractivity contribution is 5.36. The van der Waals surface area contributed by atoms with Crippen LogP contribution >= 0.6 is 0 Å². The van der Waals surface area contributed by atoms with Gasteiger partial charge in [-0.3, -0.25) is 14.3 Å². The fourth-order valence-electron chi connectivity index (χ4n) is 4.89. The number of nitrogens with zero attached hydrogens (tertiary/aromatic N) is 4. The fourth-order valence-corrected chi connectivity index (χ4v) is 4.89. The summed E-state index contributed by atoms with van der Waals surface area (Å²) in [5.41, 5.74) is 10.7. The van der Waals surface area contributed by atoms with Gasteiger partial charge in [-0.15, -0.1) is 0 Å². The van der Waals surface area contributed by atoms with Gasteiger partial charge in [0, 0.05) is 19.5 Å². The van der Waals surface area contributed by atoms with E-state index in [9.17, 15) is 9.18 Å². The average Bonchev–Trinajstić information content (AvgIpc) is 2.95. The van der Waals surface area contributed by atoms with Gasteiger partial charge in [-0.05, 0) is 28.8 Å². The Balaban J connectivity index is 1.58. The molecular formula is C29H26FN5O. The number of benzene rings is 3. The van der Waals surface area contributed by atoms with Crippen LogP contribution in [-0.2, 0) is 19.6 Å². The van der Waals surface area contributed by atoms with Gasteiger partial charge in [0.2, 0.25) is 0 Å². The first kappa shape index (κ1) is 23.6. The molecule has 1 atom stereocenters. The lowest BCUT2D eigenvalue weighted by molar-refractivity contribution is 0.179. The standard InChI is InChI=1S/C29H26FN5O/c30-17-26-33-25-15-16-34(28(32)23-13-11-20(18-31)12-14-23)19-24(25)29(36)35(26)27(21-7-3-1-4-8-21)22-9-5-2-6-10-22/h1-14,27-28H,15-17,19,32H2. The first-order valence-electron chi connectivity index (χ1n) is 11.9. The second-order valence-corrected chi connectivity index (χ2v) is 8.89. The molecule has 0 aliphatic carbocycles. The van der Waals surface area contributed by atoms with E-state index in [1.807, 2.05) is 77.7 Å². The lowest BCUT2D eigenvalue weighted by Crippen LogP contribution is -2.43. The maximum atomic E-state index is 14.3. The van der Waals surface area contributed by atoms with Crippen molar-refractivity contribution in [2.45, 2.75) is 31.8 Å². The van der Waals surface area contributed by atoms with Crippen molar-refractivity contribution in [3.05, 3.63) is 135 Å². The zero-order valence-electron chi connectivity index (χ0n) is 19.7. The minimum Gasteiger partial charge on any atom is -0.312 e. The minimum atomic E-state index is -0.840. The SMILES string of the molecule is N#Cc1ccc(C(N)N2CCc3nc(CF)n(C(c4ccccc4)c4ccccc4)c(=O)c3C2)cc1. The average molecular weight is 480 g/mol. The number of aromatic nitrogens is 2. The summed E-state index contributed by atoms with van der Waals surface area (Å²) in [6, 6.07) is 28.0. The Bertz CT molecular complexity index is 1410. The molecule has 0 spiro atoms. The van der Waals surface area contributed by atoms with Crippen molar-refractivity contribution in [2.24, 2.45) is 5.73 Å². The normalized spacial score (nSPS) is 14.3. The second-order valence-electron chi connectivity index (χ2n) is 8.89. The van der Waals surface area contributed by atoms with E-state index in [1.165, 1.54) is 4.57 Å². The third-order valence-electron chi connectivity index (χ3n) is 6.75. The fraction of sp³-hybridized carbons (Fsp3) is 0.207. The van der Waals surface area contributed by atoms with Crippen LogP contribution < -0.4 is 11.3 Å². The van der Waals surface area contributed by atoms with Crippen molar-refractivity contribution in [1.82, 2.24) is 14.5 Å². The van der Waals surface area contributed by atoms with Crippen molar-refractivity contribution in [1.29, 1.82) is 5.26 Å². The topological polar surface area (TPSA) is 87.9 Å². The Morgan fingerprint density at radius 3 is 2.11 bits per heavy atom. The Labute approximate surface area is 209 Å².